The smallest absolute Gasteiger partial charge is 0.143 e. The van der Waals surface area contributed by atoms with E-state index in [9.17, 15) is 5.11 Å². The first kappa shape index (κ1) is 5.06. The minimum atomic E-state index is -0.464. The van der Waals surface area contributed by atoms with Crippen LogP contribution in [0.3, 0.4) is 0 Å². The second-order valence-electron chi connectivity index (χ2n) is 1.94. The Kier molecular flexibility index (Phi) is 1.65. The zero-order valence-electron chi connectivity index (χ0n) is 4.31. The lowest BCUT2D eigenvalue weighted by atomic mass is 10.1. The number of hydrogen-bond acceptors (Lipinski definition) is 1. The molecule has 1 fully saturated rings. The molecule has 7 heavy (non-hydrogen) atoms. The molecular formula is C5H10NO. The lowest BCUT2D eigenvalue weighted by molar-refractivity contribution is 0.0371. The van der Waals surface area contributed by atoms with Crippen molar-refractivity contribution in [3.8, 4) is 0 Å². The van der Waals surface area contributed by atoms with E-state index in [0.29, 0.717) is 0 Å². The number of nitrogens with one attached hydrogen (secondary N) is 1. The molecule has 2 nitrogen and oxygen atoms in total. The molecule has 0 amide bonds. The Labute approximate surface area is 43.5 Å². The van der Waals surface area contributed by atoms with Crippen LogP contribution in [0.25, 0.3) is 0 Å². The highest BCUT2D eigenvalue weighted by atomic mass is 16.3. The molecular weight excluding hydrogens is 90.1 g/mol. The summed E-state index contributed by atoms with van der Waals surface area (Å²) in [5.74, 6) is 0. The Morgan fingerprint density at radius 1 is 1.43 bits per heavy atom. The molecule has 0 aromatic rings. The predicted octanol–water partition coefficient (Wildman–Crippen LogP) is 0.516. The van der Waals surface area contributed by atoms with Crippen LogP contribution < -0.4 is 5.32 Å². The fourth-order valence-corrected chi connectivity index (χ4v) is 0.820. The molecule has 0 spiro atoms. The number of piperidine rings is 1. The van der Waals surface area contributed by atoms with Crippen LogP contribution in [-0.2, 0) is 5.11 Å². The molecule has 1 heterocycles. The third-order valence-corrected chi connectivity index (χ3v) is 1.27. The van der Waals surface area contributed by atoms with Crippen molar-refractivity contribution in [2.45, 2.75) is 25.5 Å². The molecule has 1 radical (unpaired) electrons. The monoisotopic (exact) mass is 100 g/mol. The van der Waals surface area contributed by atoms with Crippen molar-refractivity contribution in [1.29, 1.82) is 0 Å². The van der Waals surface area contributed by atoms with Gasteiger partial charge >= 0.3 is 0 Å². The van der Waals surface area contributed by atoms with Gasteiger partial charge in [0.2, 0.25) is 0 Å². The zero-order chi connectivity index (χ0) is 5.11. The summed E-state index contributed by atoms with van der Waals surface area (Å²) in [6.45, 7) is 0.925. The Balaban J connectivity index is 2.12. The van der Waals surface area contributed by atoms with Crippen molar-refractivity contribution in [1.82, 2.24) is 5.32 Å². The van der Waals surface area contributed by atoms with Gasteiger partial charge in [-0.3, -0.25) is 5.32 Å². The summed E-state index contributed by atoms with van der Waals surface area (Å²) in [6, 6.07) is 0. The maximum Gasteiger partial charge on any atom is 0.143 e. The molecule has 1 atom stereocenters. The van der Waals surface area contributed by atoms with E-state index < -0.39 is 6.23 Å². The highest BCUT2D eigenvalue weighted by Gasteiger charge is 2.07. The third-order valence-electron chi connectivity index (χ3n) is 1.27. The van der Waals surface area contributed by atoms with Gasteiger partial charge in [0.1, 0.15) is 6.23 Å². The number of hydrogen-bond donors (Lipinski definition) is 1. The topological polar surface area (TPSA) is 31.9 Å². The summed E-state index contributed by atoms with van der Waals surface area (Å²) in [6.07, 6.45) is 2.65. The van der Waals surface area contributed by atoms with E-state index in [1.54, 1.807) is 0 Å². The van der Waals surface area contributed by atoms with Crippen molar-refractivity contribution in [3.05, 3.63) is 0 Å². The summed E-state index contributed by atoms with van der Waals surface area (Å²) in [5.41, 5.74) is 0. The van der Waals surface area contributed by atoms with Gasteiger partial charge in [-0.25, -0.2) is 5.11 Å². The standard InChI is InChI=1S/C5H10NO/c7-5-3-1-2-4-6-5/h5-6H,1-4H2/t5-/m1/s1. The molecule has 41 valence electrons. The van der Waals surface area contributed by atoms with Crippen molar-refractivity contribution in [2.75, 3.05) is 6.54 Å². The molecule has 1 aliphatic heterocycles. The van der Waals surface area contributed by atoms with E-state index in [2.05, 4.69) is 5.32 Å². The second kappa shape index (κ2) is 2.28. The summed E-state index contributed by atoms with van der Waals surface area (Å²) in [7, 11) is 0. The lowest BCUT2D eigenvalue weighted by Gasteiger charge is -2.14. The first-order valence-corrected chi connectivity index (χ1v) is 2.79. The maximum atomic E-state index is 10.4. The van der Waals surface area contributed by atoms with Crippen LogP contribution >= 0.6 is 0 Å². The van der Waals surface area contributed by atoms with Gasteiger partial charge in [-0.05, 0) is 25.8 Å². The molecule has 2 heteroatoms. The first-order valence-electron chi connectivity index (χ1n) is 2.79. The first-order chi connectivity index (χ1) is 3.39. The fraction of sp³-hybridized carbons (Fsp3) is 1.00. The summed E-state index contributed by atoms with van der Waals surface area (Å²) in [5, 5.41) is 13.3. The van der Waals surface area contributed by atoms with Gasteiger partial charge in [0.05, 0.1) is 0 Å². The molecule has 1 saturated heterocycles. The molecule has 0 aliphatic carbocycles. The molecule has 0 saturated carbocycles. The van der Waals surface area contributed by atoms with Gasteiger partial charge in [-0.2, -0.15) is 0 Å². The Bertz CT molecular complexity index is 50.0. The Morgan fingerprint density at radius 3 is 2.57 bits per heavy atom. The van der Waals surface area contributed by atoms with Crippen LogP contribution in [0.5, 0.6) is 0 Å². The zero-order valence-corrected chi connectivity index (χ0v) is 4.31. The SMILES string of the molecule is [O][C@@H]1CCCCN1. The Morgan fingerprint density at radius 2 is 2.29 bits per heavy atom. The summed E-state index contributed by atoms with van der Waals surface area (Å²) in [4.78, 5) is 0. The largest absolute Gasteiger partial charge is 0.289 e. The van der Waals surface area contributed by atoms with Gasteiger partial charge < -0.3 is 0 Å². The van der Waals surface area contributed by atoms with E-state index in [4.69, 9.17) is 0 Å². The van der Waals surface area contributed by atoms with Crippen molar-refractivity contribution in [2.24, 2.45) is 0 Å². The molecule has 1 N–H and O–H groups in total. The molecule has 0 unspecified atom stereocenters. The summed E-state index contributed by atoms with van der Waals surface area (Å²) < 4.78 is 0. The van der Waals surface area contributed by atoms with Crippen LogP contribution in [0.4, 0.5) is 0 Å². The molecule has 0 aromatic carbocycles. The predicted molar refractivity (Wildman–Crippen MR) is 26.3 cm³/mol. The van der Waals surface area contributed by atoms with E-state index in [0.717, 1.165) is 19.4 Å². The second-order valence-corrected chi connectivity index (χ2v) is 1.94. The van der Waals surface area contributed by atoms with Crippen molar-refractivity contribution >= 4 is 0 Å². The lowest BCUT2D eigenvalue weighted by Crippen LogP contribution is -2.32. The van der Waals surface area contributed by atoms with E-state index in [1.807, 2.05) is 0 Å². The average Bonchev–Trinajstić information content (AvgIpc) is 1.69. The van der Waals surface area contributed by atoms with Gasteiger partial charge in [-0.1, -0.05) is 0 Å². The third kappa shape index (κ3) is 1.45. The van der Waals surface area contributed by atoms with E-state index in [-0.39, 0.29) is 0 Å². The van der Waals surface area contributed by atoms with Crippen molar-refractivity contribution in [3.63, 3.8) is 0 Å². The van der Waals surface area contributed by atoms with Gasteiger partial charge in [0.25, 0.3) is 0 Å². The number of rotatable bonds is 0. The van der Waals surface area contributed by atoms with Crippen LogP contribution in [0.15, 0.2) is 0 Å². The molecule has 1 aliphatic rings. The Hall–Kier alpha value is -0.0800. The minimum Gasteiger partial charge on any atom is -0.289 e. The van der Waals surface area contributed by atoms with Gasteiger partial charge in [0.15, 0.2) is 0 Å². The van der Waals surface area contributed by atoms with Crippen LogP contribution in [0.2, 0.25) is 0 Å². The van der Waals surface area contributed by atoms with Gasteiger partial charge in [-0.15, -0.1) is 0 Å². The average molecular weight is 100 g/mol. The van der Waals surface area contributed by atoms with Gasteiger partial charge in [0, 0.05) is 0 Å². The van der Waals surface area contributed by atoms with Crippen LogP contribution in [-0.4, -0.2) is 12.8 Å². The minimum absolute atomic E-state index is 0.464. The van der Waals surface area contributed by atoms with Crippen LogP contribution in [0, 0.1) is 0 Å². The van der Waals surface area contributed by atoms with E-state index in [1.165, 1.54) is 6.42 Å². The van der Waals surface area contributed by atoms with E-state index >= 15 is 0 Å². The molecule has 0 aromatic heterocycles. The maximum absolute atomic E-state index is 10.4. The molecule has 0 bridgehead atoms. The van der Waals surface area contributed by atoms with Crippen LogP contribution in [0.1, 0.15) is 19.3 Å². The highest BCUT2D eigenvalue weighted by molar-refractivity contribution is 4.60. The fourth-order valence-electron chi connectivity index (χ4n) is 0.820. The molecule has 1 rings (SSSR count). The van der Waals surface area contributed by atoms with Crippen molar-refractivity contribution < 1.29 is 5.11 Å². The normalized spacial score (nSPS) is 33.0. The quantitative estimate of drug-likeness (QED) is 0.472. The highest BCUT2D eigenvalue weighted by Crippen LogP contribution is 2.03. The summed E-state index contributed by atoms with van der Waals surface area (Å²) >= 11 is 0.